The van der Waals surface area contributed by atoms with Crippen LogP contribution in [0.2, 0.25) is 5.02 Å². The van der Waals surface area contributed by atoms with Crippen LogP contribution in [0.15, 0.2) is 36.4 Å². The van der Waals surface area contributed by atoms with Crippen LogP contribution in [0.5, 0.6) is 11.5 Å². The van der Waals surface area contributed by atoms with Crippen LogP contribution in [-0.2, 0) is 4.79 Å². The topological polar surface area (TPSA) is 120 Å². The summed E-state index contributed by atoms with van der Waals surface area (Å²) in [6, 6.07) is 7.67. The number of rotatable bonds is 5. The van der Waals surface area contributed by atoms with Crippen molar-refractivity contribution < 1.29 is 24.0 Å². The molecule has 2 aromatic carbocycles. The first-order chi connectivity index (χ1) is 12.8. The zero-order chi connectivity index (χ0) is 19.6. The Morgan fingerprint density at radius 1 is 1.19 bits per heavy atom. The molecule has 0 aliphatic carbocycles. The number of hydrogen-bond acceptors (Lipinski definition) is 6. The number of fused-ring (bicyclic) bond motifs is 1. The van der Waals surface area contributed by atoms with Gasteiger partial charge in [-0.25, -0.2) is 0 Å². The Hall–Kier alpha value is -3.33. The number of nitro benzene ring substituents is 1. The van der Waals surface area contributed by atoms with Crippen molar-refractivity contribution in [3.8, 4) is 11.5 Å². The smallest absolute Gasteiger partial charge is 0.288 e. The van der Waals surface area contributed by atoms with E-state index in [0.29, 0.717) is 17.2 Å². The maximum atomic E-state index is 12.3. The number of hydrogen-bond donors (Lipinski definition) is 2. The monoisotopic (exact) mass is 391 g/mol. The molecule has 0 aromatic heterocycles. The zero-order valence-corrected chi connectivity index (χ0v) is 14.8. The van der Waals surface area contributed by atoms with Gasteiger partial charge in [-0.05, 0) is 31.2 Å². The SMILES string of the molecule is CC(NC(=O)c1ccc(Cl)c([N+](=O)[O-])c1)C(=O)Nc1ccc2c(c1)OCO2. The van der Waals surface area contributed by atoms with Crippen LogP contribution in [0.1, 0.15) is 17.3 Å². The van der Waals surface area contributed by atoms with Crippen molar-refractivity contribution in [2.24, 2.45) is 0 Å². The minimum Gasteiger partial charge on any atom is -0.454 e. The molecule has 0 saturated carbocycles. The second-order valence-corrected chi connectivity index (χ2v) is 6.08. The van der Waals surface area contributed by atoms with Crippen molar-refractivity contribution in [1.82, 2.24) is 5.32 Å². The summed E-state index contributed by atoms with van der Waals surface area (Å²) in [6.45, 7) is 1.61. The molecule has 2 aromatic rings. The molecule has 1 atom stereocenters. The number of amides is 2. The maximum Gasteiger partial charge on any atom is 0.288 e. The first kappa shape index (κ1) is 18.5. The highest BCUT2D eigenvalue weighted by atomic mass is 35.5. The van der Waals surface area contributed by atoms with E-state index in [1.54, 1.807) is 18.2 Å². The Balaban J connectivity index is 1.65. The van der Waals surface area contributed by atoms with Gasteiger partial charge in [0.15, 0.2) is 11.5 Å². The molecule has 0 fully saturated rings. The van der Waals surface area contributed by atoms with Gasteiger partial charge < -0.3 is 20.1 Å². The Bertz CT molecular complexity index is 933. The first-order valence-electron chi connectivity index (χ1n) is 7.80. The second kappa shape index (κ2) is 7.50. The van der Waals surface area contributed by atoms with Crippen molar-refractivity contribution in [3.05, 3.63) is 57.1 Å². The average molecular weight is 392 g/mol. The summed E-state index contributed by atoms with van der Waals surface area (Å²) in [7, 11) is 0. The number of benzene rings is 2. The molecule has 9 nitrogen and oxygen atoms in total. The summed E-state index contributed by atoms with van der Waals surface area (Å²) in [5.41, 5.74) is 0.114. The van der Waals surface area contributed by atoms with Crippen LogP contribution < -0.4 is 20.1 Å². The first-order valence-corrected chi connectivity index (χ1v) is 8.18. The Kier molecular flexibility index (Phi) is 5.13. The fraction of sp³-hybridized carbons (Fsp3) is 0.176. The maximum absolute atomic E-state index is 12.3. The van der Waals surface area contributed by atoms with E-state index in [-0.39, 0.29) is 23.1 Å². The molecule has 0 spiro atoms. The summed E-state index contributed by atoms with van der Waals surface area (Å²) in [6.07, 6.45) is 0. The quantitative estimate of drug-likeness (QED) is 0.597. The largest absolute Gasteiger partial charge is 0.454 e. The molecular formula is C17H14ClN3O6. The predicted molar refractivity (Wildman–Crippen MR) is 96.2 cm³/mol. The molecule has 140 valence electrons. The number of ether oxygens (including phenoxy) is 2. The number of carbonyl (C=O) groups excluding carboxylic acids is 2. The molecule has 2 N–H and O–H groups in total. The molecule has 1 heterocycles. The second-order valence-electron chi connectivity index (χ2n) is 5.68. The molecule has 10 heteroatoms. The molecule has 27 heavy (non-hydrogen) atoms. The van der Waals surface area contributed by atoms with E-state index in [0.717, 1.165) is 6.07 Å². The zero-order valence-electron chi connectivity index (χ0n) is 14.0. The van der Waals surface area contributed by atoms with Crippen LogP contribution in [0, 0.1) is 10.1 Å². The van der Waals surface area contributed by atoms with Gasteiger partial charge in [-0.3, -0.25) is 19.7 Å². The molecule has 0 saturated heterocycles. The molecule has 0 bridgehead atoms. The lowest BCUT2D eigenvalue weighted by Crippen LogP contribution is -2.41. The molecule has 1 aliphatic heterocycles. The predicted octanol–water partition coefficient (Wildman–Crippen LogP) is 2.73. The lowest BCUT2D eigenvalue weighted by atomic mass is 10.1. The number of halogens is 1. The summed E-state index contributed by atoms with van der Waals surface area (Å²) < 4.78 is 10.4. The molecule has 1 aliphatic rings. The van der Waals surface area contributed by atoms with E-state index in [9.17, 15) is 19.7 Å². The van der Waals surface area contributed by atoms with Crippen LogP contribution in [0.3, 0.4) is 0 Å². The van der Waals surface area contributed by atoms with Crippen molar-refractivity contribution in [3.63, 3.8) is 0 Å². The van der Waals surface area contributed by atoms with E-state index >= 15 is 0 Å². The van der Waals surface area contributed by atoms with E-state index in [1.165, 1.54) is 19.1 Å². The van der Waals surface area contributed by atoms with E-state index in [1.807, 2.05) is 0 Å². The number of nitrogens with one attached hydrogen (secondary N) is 2. The molecule has 1 unspecified atom stereocenters. The van der Waals surface area contributed by atoms with Gasteiger partial charge in [-0.15, -0.1) is 0 Å². The van der Waals surface area contributed by atoms with E-state index < -0.39 is 22.8 Å². The molecule has 3 rings (SSSR count). The third-order valence-electron chi connectivity index (χ3n) is 3.79. The number of nitro groups is 1. The van der Waals surface area contributed by atoms with Gasteiger partial charge in [0.25, 0.3) is 11.6 Å². The van der Waals surface area contributed by atoms with Crippen molar-refractivity contribution in [2.45, 2.75) is 13.0 Å². The lowest BCUT2D eigenvalue weighted by molar-refractivity contribution is -0.384. The summed E-state index contributed by atoms with van der Waals surface area (Å²) in [5, 5.41) is 16.0. The van der Waals surface area contributed by atoms with Crippen molar-refractivity contribution in [1.29, 1.82) is 0 Å². The summed E-state index contributed by atoms with van der Waals surface area (Å²) in [5.74, 6) is -0.00886. The van der Waals surface area contributed by atoms with Crippen LogP contribution in [0.25, 0.3) is 0 Å². The summed E-state index contributed by atoms with van der Waals surface area (Å²) in [4.78, 5) is 34.8. The Morgan fingerprint density at radius 3 is 2.67 bits per heavy atom. The van der Waals surface area contributed by atoms with E-state index in [2.05, 4.69) is 10.6 Å². The van der Waals surface area contributed by atoms with Crippen molar-refractivity contribution >= 4 is 34.8 Å². The average Bonchev–Trinajstić information content (AvgIpc) is 3.09. The molecule has 2 amide bonds. The highest BCUT2D eigenvalue weighted by Crippen LogP contribution is 2.34. The van der Waals surface area contributed by atoms with Gasteiger partial charge in [-0.2, -0.15) is 0 Å². The third kappa shape index (κ3) is 4.09. The van der Waals surface area contributed by atoms with Gasteiger partial charge in [0, 0.05) is 23.4 Å². The minimum atomic E-state index is -0.891. The highest BCUT2D eigenvalue weighted by molar-refractivity contribution is 6.32. The number of nitrogens with zero attached hydrogens (tertiary/aromatic N) is 1. The number of carbonyl (C=O) groups is 2. The van der Waals surface area contributed by atoms with Gasteiger partial charge in [0.1, 0.15) is 11.1 Å². The standard InChI is InChI=1S/C17H14ClN3O6/c1-9(16(22)20-11-3-5-14-15(7-11)27-8-26-14)19-17(23)10-2-4-12(18)13(6-10)21(24)25/h2-7,9H,8H2,1H3,(H,19,23)(H,20,22). The van der Waals surface area contributed by atoms with Crippen LogP contribution >= 0.6 is 11.6 Å². The third-order valence-corrected chi connectivity index (χ3v) is 4.11. The van der Waals surface area contributed by atoms with E-state index in [4.69, 9.17) is 21.1 Å². The van der Waals surface area contributed by atoms with Gasteiger partial charge in [-0.1, -0.05) is 11.6 Å². The molecular weight excluding hydrogens is 378 g/mol. The molecule has 0 radical (unpaired) electrons. The van der Waals surface area contributed by atoms with Crippen LogP contribution in [0.4, 0.5) is 11.4 Å². The van der Waals surface area contributed by atoms with Crippen LogP contribution in [-0.4, -0.2) is 29.6 Å². The van der Waals surface area contributed by atoms with Gasteiger partial charge in [0.2, 0.25) is 12.7 Å². The Labute approximate surface area is 158 Å². The van der Waals surface area contributed by atoms with Crippen molar-refractivity contribution in [2.75, 3.05) is 12.1 Å². The Morgan fingerprint density at radius 2 is 1.93 bits per heavy atom. The highest BCUT2D eigenvalue weighted by Gasteiger charge is 2.21. The van der Waals surface area contributed by atoms with Gasteiger partial charge in [0.05, 0.1) is 4.92 Å². The fourth-order valence-corrected chi connectivity index (χ4v) is 2.55. The van der Waals surface area contributed by atoms with Gasteiger partial charge >= 0.3 is 0 Å². The minimum absolute atomic E-state index is 0.0221. The number of anilines is 1. The normalized spacial score (nSPS) is 13.0. The fourth-order valence-electron chi connectivity index (χ4n) is 2.36. The summed E-state index contributed by atoms with van der Waals surface area (Å²) >= 11 is 5.73. The lowest BCUT2D eigenvalue weighted by Gasteiger charge is -2.14.